The van der Waals surface area contributed by atoms with Crippen molar-refractivity contribution in [1.29, 1.82) is 0 Å². The molecule has 0 aliphatic carbocycles. The average Bonchev–Trinajstić information content (AvgIpc) is 3.34. The quantitative estimate of drug-likeness (QED) is 0.116. The van der Waals surface area contributed by atoms with Crippen LogP contribution in [0.4, 0.5) is 8.78 Å². The number of alkyl halides is 2. The molecular weight excluding hydrogens is 582 g/mol. The maximum absolute atomic E-state index is 14.1. The van der Waals surface area contributed by atoms with Gasteiger partial charge in [0.25, 0.3) is 0 Å². The summed E-state index contributed by atoms with van der Waals surface area (Å²) < 4.78 is 51.0. The van der Waals surface area contributed by atoms with E-state index >= 15 is 0 Å². The average molecular weight is 611 g/mol. The molecule has 0 amide bonds. The molecule has 2 aliphatic heterocycles. The van der Waals surface area contributed by atoms with E-state index in [1.807, 2.05) is 0 Å². The molecule has 0 spiro atoms. The number of aliphatic hydroxyl groups is 5. The van der Waals surface area contributed by atoms with E-state index in [2.05, 4.69) is 14.2 Å². The van der Waals surface area contributed by atoms with E-state index < -0.39 is 102 Å². The molecule has 2 rings (SSSR count). The number of hydrogen-bond donors (Lipinski definition) is 5. The van der Waals surface area contributed by atoms with Crippen LogP contribution in [0, 0.1) is 0 Å². The normalized spacial score (nSPS) is 29.4. The summed E-state index contributed by atoms with van der Waals surface area (Å²) in [5.74, 6) is -4.62. The summed E-state index contributed by atoms with van der Waals surface area (Å²) in [5, 5.41) is 41.8. The van der Waals surface area contributed by atoms with Crippen LogP contribution in [0.1, 0.15) is 6.92 Å². The van der Waals surface area contributed by atoms with Crippen molar-refractivity contribution in [1.82, 2.24) is 0 Å². The van der Waals surface area contributed by atoms with Crippen LogP contribution >= 0.6 is 23.5 Å². The lowest BCUT2D eigenvalue weighted by molar-refractivity contribution is -0.160. The first-order chi connectivity index (χ1) is 18.4. The Morgan fingerprint density at radius 1 is 0.667 bits per heavy atom. The predicted molar refractivity (Wildman–Crippen MR) is 124 cm³/mol. The molecule has 2 heterocycles. The minimum Gasteiger partial charge on any atom is -0.463 e. The number of ether oxygens (including phenoxy) is 5. The molecule has 0 radical (unpaired) electrons. The van der Waals surface area contributed by atoms with Crippen LogP contribution in [0.2, 0.25) is 0 Å². The highest BCUT2D eigenvalue weighted by atomic mass is 32.2. The van der Waals surface area contributed by atoms with E-state index in [0.29, 0.717) is 0 Å². The zero-order chi connectivity index (χ0) is 29.7. The summed E-state index contributed by atoms with van der Waals surface area (Å²) in [6.45, 7) is -3.06. The van der Waals surface area contributed by atoms with Gasteiger partial charge in [-0.15, -0.1) is 23.5 Å². The van der Waals surface area contributed by atoms with Gasteiger partial charge < -0.3 is 49.2 Å². The molecule has 0 aromatic rings. The molecule has 5 N–H and O–H groups in total. The van der Waals surface area contributed by atoms with E-state index in [0.717, 1.165) is 30.4 Å². The van der Waals surface area contributed by atoms with Crippen LogP contribution in [0.3, 0.4) is 0 Å². The van der Waals surface area contributed by atoms with Gasteiger partial charge in [-0.25, -0.2) is 28.0 Å². The Morgan fingerprint density at radius 2 is 1.08 bits per heavy atom. The number of halogens is 2. The fourth-order valence-corrected chi connectivity index (χ4v) is 5.53. The zero-order valence-corrected chi connectivity index (χ0v) is 21.9. The van der Waals surface area contributed by atoms with E-state index in [-0.39, 0.29) is 13.2 Å². The van der Waals surface area contributed by atoms with Gasteiger partial charge in [-0.05, 0) is 0 Å². The van der Waals surface area contributed by atoms with Crippen LogP contribution in [0.5, 0.6) is 0 Å². The Balaban J connectivity index is 0.000000395. The summed E-state index contributed by atoms with van der Waals surface area (Å²) in [6, 6.07) is 0. The Kier molecular flexibility index (Phi) is 15.5. The number of carbonyl (C=O) groups is 5. The largest absolute Gasteiger partial charge is 0.463 e. The number of carbonyl (C=O) groups excluding carboxylic acids is 5. The van der Waals surface area contributed by atoms with Crippen molar-refractivity contribution >= 4 is 53.4 Å². The molecule has 2 fully saturated rings. The van der Waals surface area contributed by atoms with Crippen molar-refractivity contribution in [2.45, 2.75) is 52.8 Å². The zero-order valence-electron chi connectivity index (χ0n) is 20.3. The molecule has 8 atom stereocenters. The van der Waals surface area contributed by atoms with E-state index in [1.54, 1.807) is 0 Å². The van der Waals surface area contributed by atoms with Crippen LogP contribution in [-0.4, -0.2) is 141 Å². The van der Waals surface area contributed by atoms with Crippen molar-refractivity contribution in [3.63, 3.8) is 0 Å². The maximum Gasteiger partial charge on any atom is 0.332 e. The van der Waals surface area contributed by atoms with Crippen LogP contribution < -0.4 is 0 Å². The number of esters is 5. The van der Waals surface area contributed by atoms with Gasteiger partial charge in [0, 0.05) is 6.92 Å². The van der Waals surface area contributed by atoms with Crippen molar-refractivity contribution in [2.24, 2.45) is 0 Å². The van der Waals surface area contributed by atoms with Crippen LogP contribution in [0.15, 0.2) is 0 Å². The van der Waals surface area contributed by atoms with Crippen LogP contribution in [-0.2, 0) is 47.7 Å². The Labute approximate surface area is 228 Å². The van der Waals surface area contributed by atoms with Gasteiger partial charge in [0.2, 0.25) is 0 Å². The highest BCUT2D eigenvalue weighted by molar-refractivity contribution is 8.01. The van der Waals surface area contributed by atoms with Gasteiger partial charge >= 0.3 is 29.8 Å². The standard InChI is InChI=1S/C11H15FO8S.C9H13FO7S/c1-5(15)19-11-9(12)10(20-8(17)3-14)6(21-11)4-18-7(16)2-13;10-7-8(17-6(14)2-12)4(18-9(7)15)3-16-5(13)1-11/h6,9-11,13-14H,2-4H2,1H3;4,7-9,11-12,15H,1-3H2/t6-,9+,10-,11?;4-,7+,8-,9?/m11/s1. The van der Waals surface area contributed by atoms with Gasteiger partial charge in [0.1, 0.15) is 45.1 Å². The van der Waals surface area contributed by atoms with Crippen molar-refractivity contribution < 1.29 is 82.0 Å². The smallest absolute Gasteiger partial charge is 0.332 e. The third-order valence-electron chi connectivity index (χ3n) is 4.67. The molecule has 19 heteroatoms. The summed E-state index contributed by atoms with van der Waals surface area (Å²) in [4.78, 5) is 54.5. The van der Waals surface area contributed by atoms with E-state index in [9.17, 15) is 37.9 Å². The first-order valence-electron chi connectivity index (χ1n) is 11.0. The number of rotatable bonds is 11. The SMILES string of the molecule is CC(=O)OC1S[C@H](COC(=O)CO)[C@@H](OC(=O)CO)[C@@H]1F.O=C(CO)OC[C@H]1SC(O)[C@@H](F)[C@@H]1OC(=O)CO. The lowest BCUT2D eigenvalue weighted by Crippen LogP contribution is -2.38. The maximum atomic E-state index is 14.1. The van der Waals surface area contributed by atoms with Gasteiger partial charge in [-0.3, -0.25) is 4.79 Å². The first kappa shape index (κ1) is 34.7. The van der Waals surface area contributed by atoms with Crippen molar-refractivity contribution in [3.8, 4) is 0 Å². The monoisotopic (exact) mass is 610 g/mol. The second kappa shape index (κ2) is 17.4. The minimum atomic E-state index is -1.83. The summed E-state index contributed by atoms with van der Waals surface area (Å²) >= 11 is 1.57. The lowest BCUT2D eigenvalue weighted by Gasteiger charge is -2.19. The van der Waals surface area contributed by atoms with Gasteiger partial charge in [0.05, 0.1) is 10.5 Å². The van der Waals surface area contributed by atoms with Gasteiger partial charge in [-0.2, -0.15) is 0 Å². The highest BCUT2D eigenvalue weighted by Crippen LogP contribution is 2.39. The topological polar surface area (TPSA) is 233 Å². The van der Waals surface area contributed by atoms with Gasteiger partial charge in [-0.1, -0.05) is 0 Å². The Bertz CT molecular complexity index is 850. The van der Waals surface area contributed by atoms with Crippen molar-refractivity contribution in [3.05, 3.63) is 0 Å². The van der Waals surface area contributed by atoms with E-state index in [1.165, 1.54) is 0 Å². The van der Waals surface area contributed by atoms with Gasteiger partial charge in [0.15, 0.2) is 30.0 Å². The second-order valence-electron chi connectivity index (χ2n) is 7.51. The second-order valence-corrected chi connectivity index (χ2v) is 10.2. The molecule has 2 unspecified atom stereocenters. The summed E-state index contributed by atoms with van der Waals surface area (Å²) in [5.41, 5.74) is -2.61. The molecule has 0 aromatic heterocycles. The molecule has 0 bridgehead atoms. The first-order valence-corrected chi connectivity index (χ1v) is 12.8. The van der Waals surface area contributed by atoms with Crippen molar-refractivity contribution in [2.75, 3.05) is 39.6 Å². The molecule has 39 heavy (non-hydrogen) atoms. The molecule has 15 nitrogen and oxygen atoms in total. The molecule has 0 aromatic carbocycles. The van der Waals surface area contributed by atoms with Crippen LogP contribution in [0.25, 0.3) is 0 Å². The fourth-order valence-electron chi connectivity index (χ4n) is 3.01. The molecule has 2 saturated heterocycles. The number of hydrogen-bond acceptors (Lipinski definition) is 17. The number of aliphatic hydroxyl groups excluding tert-OH is 5. The summed E-state index contributed by atoms with van der Waals surface area (Å²) in [7, 11) is 0. The highest BCUT2D eigenvalue weighted by Gasteiger charge is 2.50. The lowest BCUT2D eigenvalue weighted by atomic mass is 10.1. The van der Waals surface area contributed by atoms with E-state index in [4.69, 9.17) is 29.9 Å². The molecule has 2 aliphatic rings. The molecule has 0 saturated carbocycles. The molecule has 224 valence electrons. The predicted octanol–water partition coefficient (Wildman–Crippen LogP) is -3.03. The Morgan fingerprint density at radius 3 is 1.49 bits per heavy atom. The summed E-state index contributed by atoms with van der Waals surface area (Å²) in [6.07, 6.45) is -6.31. The minimum absolute atomic E-state index is 0.315. The number of thioether (sulfide) groups is 2. The third-order valence-corrected chi connectivity index (χ3v) is 7.34. The fraction of sp³-hybridized carbons (Fsp3) is 0.750. The Hall–Kier alpha value is -2.29. The molecular formula is C20H28F2O15S2. The third kappa shape index (κ3) is 11.4.